The molecule has 6 heteroatoms. The SMILES string of the molecule is CCOC(=O)CC1c2ccccc2NC(C)(C)C(=O)N1OCc1ccccc1. The summed E-state index contributed by atoms with van der Waals surface area (Å²) >= 11 is 0. The fraction of sp³-hybridized carbons (Fsp3) is 0.364. The van der Waals surface area contributed by atoms with Crippen molar-refractivity contribution in [1.29, 1.82) is 0 Å². The average Bonchev–Trinajstić information content (AvgIpc) is 2.75. The molecule has 28 heavy (non-hydrogen) atoms. The summed E-state index contributed by atoms with van der Waals surface area (Å²) < 4.78 is 5.15. The van der Waals surface area contributed by atoms with Crippen LogP contribution in [0.3, 0.4) is 0 Å². The van der Waals surface area contributed by atoms with Crippen LogP contribution in [0.4, 0.5) is 5.69 Å². The van der Waals surface area contributed by atoms with Crippen molar-refractivity contribution in [3.8, 4) is 0 Å². The van der Waals surface area contributed by atoms with Gasteiger partial charge in [-0.25, -0.2) is 5.06 Å². The molecule has 0 fully saturated rings. The number of esters is 1. The maximum Gasteiger partial charge on any atom is 0.308 e. The molecule has 148 valence electrons. The summed E-state index contributed by atoms with van der Waals surface area (Å²) in [6.07, 6.45) is 0.0170. The largest absolute Gasteiger partial charge is 0.466 e. The molecule has 1 N–H and O–H groups in total. The molecular weight excluding hydrogens is 356 g/mol. The fourth-order valence-electron chi connectivity index (χ4n) is 3.27. The van der Waals surface area contributed by atoms with E-state index in [4.69, 9.17) is 9.57 Å². The lowest BCUT2D eigenvalue weighted by Gasteiger charge is -2.32. The van der Waals surface area contributed by atoms with Gasteiger partial charge in [0.25, 0.3) is 5.91 Å². The van der Waals surface area contributed by atoms with Crippen LogP contribution >= 0.6 is 0 Å². The van der Waals surface area contributed by atoms with Gasteiger partial charge in [0.05, 0.1) is 19.1 Å². The molecule has 2 aromatic carbocycles. The summed E-state index contributed by atoms with van der Waals surface area (Å²) in [5.41, 5.74) is 1.67. The van der Waals surface area contributed by atoms with E-state index >= 15 is 0 Å². The van der Waals surface area contributed by atoms with E-state index in [-0.39, 0.29) is 31.5 Å². The summed E-state index contributed by atoms with van der Waals surface area (Å²) in [4.78, 5) is 31.6. The Labute approximate surface area is 165 Å². The van der Waals surface area contributed by atoms with Gasteiger partial charge in [-0.1, -0.05) is 48.5 Å². The number of benzene rings is 2. The highest BCUT2D eigenvalue weighted by Gasteiger charge is 2.42. The number of carbonyl (C=O) groups excluding carboxylic acids is 2. The van der Waals surface area contributed by atoms with Gasteiger partial charge in [0.1, 0.15) is 12.1 Å². The van der Waals surface area contributed by atoms with Crippen molar-refractivity contribution in [2.24, 2.45) is 0 Å². The second-order valence-corrected chi connectivity index (χ2v) is 7.25. The molecule has 1 aliphatic rings. The average molecular weight is 382 g/mol. The Bertz CT molecular complexity index is 835. The van der Waals surface area contributed by atoms with E-state index in [1.165, 1.54) is 5.06 Å². The number of hydrogen-bond donors (Lipinski definition) is 1. The maximum atomic E-state index is 13.3. The Kier molecular flexibility index (Phi) is 5.99. The third-order valence-electron chi connectivity index (χ3n) is 4.66. The molecule has 1 amide bonds. The third kappa shape index (κ3) is 4.34. The number of ether oxygens (including phenoxy) is 1. The standard InChI is InChI=1S/C22H26N2O4/c1-4-27-20(25)14-19-17-12-8-9-13-18(17)23-22(2,3)21(26)24(19)28-15-16-10-6-5-7-11-16/h5-13,19,23H,4,14-15H2,1-3H3. The topological polar surface area (TPSA) is 67.9 Å². The molecule has 2 aromatic rings. The minimum absolute atomic E-state index is 0.0170. The second-order valence-electron chi connectivity index (χ2n) is 7.25. The lowest BCUT2D eigenvalue weighted by molar-refractivity contribution is -0.212. The van der Waals surface area contributed by atoms with Crippen molar-refractivity contribution in [2.45, 2.75) is 45.4 Å². The van der Waals surface area contributed by atoms with Crippen LogP contribution in [0.25, 0.3) is 0 Å². The number of nitrogens with zero attached hydrogens (tertiary/aromatic N) is 1. The van der Waals surface area contributed by atoms with E-state index in [0.717, 1.165) is 16.8 Å². The Morgan fingerprint density at radius 1 is 1.11 bits per heavy atom. The van der Waals surface area contributed by atoms with Crippen LogP contribution in [0.1, 0.15) is 44.4 Å². The van der Waals surface area contributed by atoms with Gasteiger partial charge in [-0.3, -0.25) is 14.4 Å². The highest BCUT2D eigenvalue weighted by atomic mass is 16.7. The number of fused-ring (bicyclic) bond motifs is 1. The van der Waals surface area contributed by atoms with Crippen molar-refractivity contribution in [3.05, 3.63) is 65.7 Å². The molecule has 0 bridgehead atoms. The Balaban J connectivity index is 1.97. The quantitative estimate of drug-likeness (QED) is 0.769. The first kappa shape index (κ1) is 19.9. The molecule has 0 saturated heterocycles. The van der Waals surface area contributed by atoms with E-state index < -0.39 is 11.6 Å². The van der Waals surface area contributed by atoms with Gasteiger partial charge in [-0.2, -0.15) is 0 Å². The van der Waals surface area contributed by atoms with Crippen LogP contribution in [0.2, 0.25) is 0 Å². The predicted octanol–water partition coefficient (Wildman–Crippen LogP) is 3.85. The molecule has 1 atom stereocenters. The van der Waals surface area contributed by atoms with Crippen LogP contribution in [0.15, 0.2) is 54.6 Å². The molecule has 1 unspecified atom stereocenters. The van der Waals surface area contributed by atoms with Crippen molar-refractivity contribution in [2.75, 3.05) is 11.9 Å². The van der Waals surface area contributed by atoms with Gasteiger partial charge in [0, 0.05) is 11.3 Å². The first-order valence-corrected chi connectivity index (χ1v) is 9.45. The zero-order valence-electron chi connectivity index (χ0n) is 16.5. The minimum atomic E-state index is -0.893. The zero-order chi connectivity index (χ0) is 20.1. The number of hydroxylamine groups is 2. The Morgan fingerprint density at radius 2 is 1.79 bits per heavy atom. The normalized spacial score (nSPS) is 18.0. The summed E-state index contributed by atoms with van der Waals surface area (Å²) in [6.45, 7) is 5.88. The smallest absolute Gasteiger partial charge is 0.308 e. The van der Waals surface area contributed by atoms with Crippen molar-refractivity contribution >= 4 is 17.6 Å². The van der Waals surface area contributed by atoms with E-state index in [1.807, 2.05) is 54.6 Å². The van der Waals surface area contributed by atoms with Crippen LogP contribution in [-0.4, -0.2) is 29.1 Å². The molecule has 0 spiro atoms. The monoisotopic (exact) mass is 382 g/mol. The number of para-hydroxylation sites is 1. The minimum Gasteiger partial charge on any atom is -0.466 e. The molecule has 0 aromatic heterocycles. The highest BCUT2D eigenvalue weighted by Crippen LogP contribution is 2.37. The number of nitrogens with one attached hydrogen (secondary N) is 1. The molecule has 0 aliphatic carbocycles. The first-order valence-electron chi connectivity index (χ1n) is 9.45. The Hall–Kier alpha value is -2.86. The summed E-state index contributed by atoms with van der Waals surface area (Å²) in [6, 6.07) is 16.6. The molecule has 1 heterocycles. The van der Waals surface area contributed by atoms with Crippen molar-refractivity contribution < 1.29 is 19.2 Å². The van der Waals surface area contributed by atoms with Gasteiger partial charge < -0.3 is 10.1 Å². The third-order valence-corrected chi connectivity index (χ3v) is 4.66. The molecular formula is C22H26N2O4. The molecule has 0 radical (unpaired) electrons. The predicted molar refractivity (Wildman–Crippen MR) is 106 cm³/mol. The molecule has 0 saturated carbocycles. The first-order chi connectivity index (χ1) is 13.4. The number of amides is 1. The molecule has 6 nitrogen and oxygen atoms in total. The van der Waals surface area contributed by atoms with Gasteiger partial charge in [0.15, 0.2) is 0 Å². The van der Waals surface area contributed by atoms with E-state index in [0.29, 0.717) is 0 Å². The molecule has 3 rings (SSSR count). The number of anilines is 1. The maximum absolute atomic E-state index is 13.3. The second kappa shape index (κ2) is 8.44. The van der Waals surface area contributed by atoms with Crippen molar-refractivity contribution in [3.63, 3.8) is 0 Å². The van der Waals surface area contributed by atoms with Crippen LogP contribution in [0.5, 0.6) is 0 Å². The zero-order valence-corrected chi connectivity index (χ0v) is 16.5. The number of rotatable bonds is 6. The van der Waals surface area contributed by atoms with Gasteiger partial charge in [-0.05, 0) is 32.4 Å². The Morgan fingerprint density at radius 3 is 2.50 bits per heavy atom. The number of hydrogen-bond acceptors (Lipinski definition) is 5. The van der Waals surface area contributed by atoms with Gasteiger partial charge >= 0.3 is 5.97 Å². The van der Waals surface area contributed by atoms with Crippen LogP contribution < -0.4 is 5.32 Å². The summed E-state index contributed by atoms with van der Waals surface area (Å²) in [7, 11) is 0. The van der Waals surface area contributed by atoms with Gasteiger partial charge in [0.2, 0.25) is 0 Å². The van der Waals surface area contributed by atoms with Gasteiger partial charge in [-0.15, -0.1) is 0 Å². The van der Waals surface area contributed by atoms with Crippen molar-refractivity contribution in [1.82, 2.24) is 5.06 Å². The van der Waals surface area contributed by atoms with E-state index in [9.17, 15) is 9.59 Å². The fourth-order valence-corrected chi connectivity index (χ4v) is 3.27. The summed E-state index contributed by atoms with van der Waals surface area (Å²) in [5, 5.41) is 4.62. The highest BCUT2D eigenvalue weighted by molar-refractivity contribution is 5.90. The lowest BCUT2D eigenvalue weighted by Crippen LogP contribution is -2.49. The summed E-state index contributed by atoms with van der Waals surface area (Å²) in [5.74, 6) is -0.614. The van der Waals surface area contributed by atoms with E-state index in [2.05, 4.69) is 5.32 Å². The molecule has 1 aliphatic heterocycles. The van der Waals surface area contributed by atoms with Crippen LogP contribution in [0, 0.1) is 0 Å². The van der Waals surface area contributed by atoms with Crippen LogP contribution in [-0.2, 0) is 25.8 Å². The number of carbonyl (C=O) groups is 2. The lowest BCUT2D eigenvalue weighted by atomic mass is 10.0. The van der Waals surface area contributed by atoms with E-state index in [1.54, 1.807) is 20.8 Å².